The second kappa shape index (κ2) is 9.68. The van der Waals surface area contributed by atoms with Crippen molar-refractivity contribution in [2.45, 2.75) is 85.0 Å². The number of ether oxygens (including phenoxy) is 2. The van der Waals surface area contributed by atoms with Gasteiger partial charge >= 0.3 is 0 Å². The van der Waals surface area contributed by atoms with Crippen molar-refractivity contribution in [3.63, 3.8) is 0 Å². The zero-order chi connectivity index (χ0) is 22.0. The molecule has 2 aromatic carbocycles. The fourth-order valence-corrected chi connectivity index (χ4v) is 5.07. The summed E-state index contributed by atoms with van der Waals surface area (Å²) in [4.78, 5) is 2.76. The first-order chi connectivity index (χ1) is 14.9. The lowest BCUT2D eigenvalue weighted by Crippen LogP contribution is -2.40. The number of aryl methyl sites for hydroxylation is 3. The van der Waals surface area contributed by atoms with E-state index >= 15 is 0 Å². The Morgan fingerprint density at radius 1 is 1.03 bits per heavy atom. The molecular formula is C28H37NO2. The summed E-state index contributed by atoms with van der Waals surface area (Å²) < 4.78 is 11.4. The van der Waals surface area contributed by atoms with E-state index in [4.69, 9.17) is 9.47 Å². The molecule has 2 fully saturated rings. The molecule has 3 heteroatoms. The van der Waals surface area contributed by atoms with Gasteiger partial charge in [0.25, 0.3) is 0 Å². The van der Waals surface area contributed by atoms with Crippen LogP contribution in [0.1, 0.15) is 79.4 Å². The minimum atomic E-state index is -0.166. The zero-order valence-electron chi connectivity index (χ0n) is 19.7. The van der Waals surface area contributed by atoms with Crippen molar-refractivity contribution in [2.75, 3.05) is 6.54 Å². The van der Waals surface area contributed by atoms with Crippen LogP contribution in [0.2, 0.25) is 0 Å². The maximum atomic E-state index is 5.70. The van der Waals surface area contributed by atoms with Gasteiger partial charge in [0, 0.05) is 18.6 Å². The smallest absolute Gasteiger partial charge is 0.183 e. The Bertz CT molecular complexity index is 911. The molecule has 0 spiro atoms. The molecule has 2 heterocycles. The van der Waals surface area contributed by atoms with Gasteiger partial charge in [-0.25, -0.2) is 0 Å². The lowest BCUT2D eigenvalue weighted by atomic mass is 9.86. The highest BCUT2D eigenvalue weighted by molar-refractivity contribution is 5.35. The van der Waals surface area contributed by atoms with E-state index in [-0.39, 0.29) is 12.6 Å². The molecule has 3 nitrogen and oxygen atoms in total. The van der Waals surface area contributed by atoms with Crippen molar-refractivity contribution in [3.05, 3.63) is 81.9 Å². The molecule has 4 rings (SSSR count). The normalized spacial score (nSPS) is 26.6. The molecule has 0 radical (unpaired) electrons. The third-order valence-electron chi connectivity index (χ3n) is 6.79. The summed E-state index contributed by atoms with van der Waals surface area (Å²) in [5.74, 6) is 0. The molecule has 0 amide bonds. The van der Waals surface area contributed by atoms with Crippen molar-refractivity contribution in [2.24, 2.45) is 0 Å². The molecule has 2 atom stereocenters. The van der Waals surface area contributed by atoms with E-state index in [1.807, 2.05) is 6.92 Å². The van der Waals surface area contributed by atoms with E-state index in [1.54, 1.807) is 0 Å². The predicted molar refractivity (Wildman–Crippen MR) is 127 cm³/mol. The first-order valence-corrected chi connectivity index (χ1v) is 11.8. The quantitative estimate of drug-likeness (QED) is 0.474. The lowest BCUT2D eigenvalue weighted by Gasteiger charge is -2.44. The minimum absolute atomic E-state index is 0.0759. The summed E-state index contributed by atoms with van der Waals surface area (Å²) in [5.41, 5.74) is 8.41. The third-order valence-corrected chi connectivity index (χ3v) is 6.79. The van der Waals surface area contributed by atoms with Crippen molar-refractivity contribution in [1.29, 1.82) is 0 Å². The van der Waals surface area contributed by atoms with E-state index in [0.717, 1.165) is 19.4 Å². The summed E-state index contributed by atoms with van der Waals surface area (Å²) in [6, 6.07) is 16.9. The van der Waals surface area contributed by atoms with Gasteiger partial charge in [0.05, 0.1) is 0 Å². The molecule has 2 unspecified atom stereocenters. The molecule has 2 aliphatic heterocycles. The molecule has 2 aliphatic rings. The second-order valence-corrected chi connectivity index (χ2v) is 9.32. The Kier molecular flexibility index (Phi) is 6.95. The van der Waals surface area contributed by atoms with Gasteiger partial charge in [0.1, 0.15) is 0 Å². The van der Waals surface area contributed by atoms with Gasteiger partial charge in [0.15, 0.2) is 12.6 Å². The van der Waals surface area contributed by atoms with Gasteiger partial charge in [0.2, 0.25) is 0 Å². The largest absolute Gasteiger partial charge is 0.320 e. The lowest BCUT2D eigenvalue weighted by molar-refractivity contribution is -0.354. The monoisotopic (exact) mass is 419 g/mol. The summed E-state index contributed by atoms with van der Waals surface area (Å²) in [6.45, 7) is 12.0. The number of nitrogens with zero attached hydrogens (tertiary/aromatic N) is 1. The first kappa shape index (κ1) is 22.3. The van der Waals surface area contributed by atoms with Gasteiger partial charge in [-0.05, 0) is 69.7 Å². The standard InChI is InChI=1S/C28H37NO2/c1-6-7-26(25-16-20(3)8-11-21(25)4)29-15-14-23(18-28-30-22(5)31-28)17-27(29)24-12-9-19(2)10-13-24/h8-13,16,18,22,26-28H,6-7,14-15,17H2,1-5H3. The highest BCUT2D eigenvalue weighted by Gasteiger charge is 2.34. The van der Waals surface area contributed by atoms with Crippen LogP contribution in [-0.2, 0) is 9.47 Å². The maximum Gasteiger partial charge on any atom is 0.183 e. The van der Waals surface area contributed by atoms with E-state index in [1.165, 1.54) is 46.2 Å². The number of piperidine rings is 1. The van der Waals surface area contributed by atoms with Gasteiger partial charge in [-0.15, -0.1) is 0 Å². The van der Waals surface area contributed by atoms with Crippen molar-refractivity contribution < 1.29 is 9.47 Å². The number of rotatable bonds is 6. The fraction of sp³-hybridized carbons (Fsp3) is 0.500. The molecule has 0 bridgehead atoms. The molecule has 31 heavy (non-hydrogen) atoms. The Hall–Kier alpha value is -1.94. The minimum Gasteiger partial charge on any atom is -0.320 e. The summed E-state index contributed by atoms with van der Waals surface area (Å²) >= 11 is 0. The third kappa shape index (κ3) is 5.11. The summed E-state index contributed by atoms with van der Waals surface area (Å²) in [5, 5.41) is 0. The van der Waals surface area contributed by atoms with E-state index in [0.29, 0.717) is 12.1 Å². The Labute approximate surface area is 188 Å². The Morgan fingerprint density at radius 2 is 1.74 bits per heavy atom. The molecule has 0 saturated carbocycles. The van der Waals surface area contributed by atoms with Crippen molar-refractivity contribution in [1.82, 2.24) is 4.90 Å². The molecular weight excluding hydrogens is 382 g/mol. The van der Waals surface area contributed by atoms with Gasteiger partial charge in [-0.3, -0.25) is 4.90 Å². The predicted octanol–water partition coefficient (Wildman–Crippen LogP) is 6.94. The van der Waals surface area contributed by atoms with Crippen LogP contribution in [0.25, 0.3) is 0 Å². The van der Waals surface area contributed by atoms with Crippen LogP contribution in [0.5, 0.6) is 0 Å². The summed E-state index contributed by atoms with van der Waals surface area (Å²) in [7, 11) is 0. The van der Waals surface area contributed by atoms with Crippen LogP contribution in [0, 0.1) is 20.8 Å². The maximum absolute atomic E-state index is 5.70. The average molecular weight is 420 g/mol. The highest BCUT2D eigenvalue weighted by Crippen LogP contribution is 2.42. The van der Waals surface area contributed by atoms with E-state index in [2.05, 4.69) is 81.1 Å². The van der Waals surface area contributed by atoms with Gasteiger partial charge in [-0.1, -0.05) is 72.5 Å². The molecule has 2 saturated heterocycles. The SMILES string of the molecule is CCCC(c1cc(C)ccc1C)N1CCC(=CC2OC(C)O2)CC1c1ccc(C)cc1. The zero-order valence-corrected chi connectivity index (χ0v) is 19.7. The topological polar surface area (TPSA) is 21.7 Å². The number of benzene rings is 2. The Morgan fingerprint density at radius 3 is 2.42 bits per heavy atom. The molecule has 0 aliphatic carbocycles. The molecule has 0 aromatic heterocycles. The van der Waals surface area contributed by atoms with Gasteiger partial charge < -0.3 is 9.47 Å². The van der Waals surface area contributed by atoms with Crippen LogP contribution in [0.3, 0.4) is 0 Å². The fourth-order valence-electron chi connectivity index (χ4n) is 5.07. The first-order valence-electron chi connectivity index (χ1n) is 11.8. The number of likely N-dealkylation sites (tertiary alicyclic amines) is 1. The van der Waals surface area contributed by atoms with Crippen LogP contribution in [0.15, 0.2) is 54.1 Å². The van der Waals surface area contributed by atoms with Crippen LogP contribution < -0.4 is 0 Å². The highest BCUT2D eigenvalue weighted by atomic mass is 16.9. The second-order valence-electron chi connectivity index (χ2n) is 9.32. The summed E-state index contributed by atoms with van der Waals surface area (Å²) in [6.07, 6.45) is 6.44. The molecule has 0 N–H and O–H groups in total. The number of hydrogen-bond donors (Lipinski definition) is 0. The van der Waals surface area contributed by atoms with Crippen LogP contribution >= 0.6 is 0 Å². The Balaban J connectivity index is 1.67. The van der Waals surface area contributed by atoms with Crippen LogP contribution in [-0.4, -0.2) is 24.0 Å². The van der Waals surface area contributed by atoms with Crippen LogP contribution in [0.4, 0.5) is 0 Å². The average Bonchev–Trinajstić information content (AvgIpc) is 2.73. The van der Waals surface area contributed by atoms with E-state index < -0.39 is 0 Å². The van der Waals surface area contributed by atoms with E-state index in [9.17, 15) is 0 Å². The molecule has 166 valence electrons. The molecule has 2 aromatic rings. The van der Waals surface area contributed by atoms with Crippen molar-refractivity contribution in [3.8, 4) is 0 Å². The van der Waals surface area contributed by atoms with Crippen molar-refractivity contribution >= 4 is 0 Å². The van der Waals surface area contributed by atoms with Gasteiger partial charge in [-0.2, -0.15) is 0 Å². The number of hydrogen-bond acceptors (Lipinski definition) is 3.